The Morgan fingerprint density at radius 2 is 2.06 bits per heavy atom. The third-order valence-corrected chi connectivity index (χ3v) is 4.17. The molecule has 0 aromatic heterocycles. The van der Waals surface area contributed by atoms with Gasteiger partial charge in [0.05, 0.1) is 18.4 Å². The first kappa shape index (κ1) is 11.0. The number of carbonyl (C=O) groups is 2. The molecule has 1 heterocycles. The molecule has 1 amide bonds. The molecule has 3 rings (SSSR count). The number of hydrogen-bond acceptors (Lipinski definition) is 3. The first-order chi connectivity index (χ1) is 8.16. The van der Waals surface area contributed by atoms with Crippen molar-refractivity contribution in [1.82, 2.24) is 5.32 Å². The van der Waals surface area contributed by atoms with Gasteiger partial charge in [0, 0.05) is 12.6 Å². The van der Waals surface area contributed by atoms with Crippen molar-refractivity contribution in [2.75, 3.05) is 13.2 Å². The fourth-order valence-corrected chi connectivity index (χ4v) is 2.87. The maximum atomic E-state index is 11.8. The fourth-order valence-electron chi connectivity index (χ4n) is 2.87. The second-order valence-electron chi connectivity index (χ2n) is 5.42. The molecule has 1 aliphatic heterocycles. The molecule has 5 heteroatoms. The minimum atomic E-state index is -0.684. The highest BCUT2D eigenvalue weighted by Gasteiger charge is 2.57. The summed E-state index contributed by atoms with van der Waals surface area (Å²) in [5.74, 6) is -0.0406. The van der Waals surface area contributed by atoms with Gasteiger partial charge in [-0.1, -0.05) is 0 Å². The largest absolute Gasteiger partial charge is 0.481 e. The Morgan fingerprint density at radius 3 is 2.65 bits per heavy atom. The number of hydrogen-bond donors (Lipinski definition) is 2. The van der Waals surface area contributed by atoms with Gasteiger partial charge in [-0.15, -0.1) is 0 Å². The van der Waals surface area contributed by atoms with E-state index in [-0.39, 0.29) is 23.8 Å². The average Bonchev–Trinajstić information content (AvgIpc) is 3.15. The number of rotatable bonds is 4. The summed E-state index contributed by atoms with van der Waals surface area (Å²) in [5.41, 5.74) is 0. The quantitative estimate of drug-likeness (QED) is 0.737. The lowest BCUT2D eigenvalue weighted by Crippen LogP contribution is -2.33. The Labute approximate surface area is 99.5 Å². The van der Waals surface area contributed by atoms with Crippen LogP contribution in [0, 0.1) is 23.7 Å². The summed E-state index contributed by atoms with van der Waals surface area (Å²) in [6, 6.07) is 0.220. The third kappa shape index (κ3) is 2.16. The van der Waals surface area contributed by atoms with Crippen LogP contribution in [0.2, 0.25) is 0 Å². The summed E-state index contributed by atoms with van der Waals surface area (Å²) in [4.78, 5) is 22.5. The zero-order chi connectivity index (χ0) is 12.0. The summed E-state index contributed by atoms with van der Waals surface area (Å²) in [6.07, 6.45) is 2.55. The molecule has 2 aliphatic carbocycles. The van der Waals surface area contributed by atoms with Gasteiger partial charge < -0.3 is 15.2 Å². The van der Waals surface area contributed by atoms with Gasteiger partial charge in [-0.3, -0.25) is 9.59 Å². The van der Waals surface area contributed by atoms with Crippen LogP contribution in [0.4, 0.5) is 0 Å². The van der Waals surface area contributed by atoms with E-state index in [1.54, 1.807) is 0 Å². The Morgan fingerprint density at radius 1 is 1.24 bits per heavy atom. The van der Waals surface area contributed by atoms with Crippen molar-refractivity contribution in [3.05, 3.63) is 0 Å². The summed E-state index contributed by atoms with van der Waals surface area (Å²) in [7, 11) is 0. The van der Waals surface area contributed by atoms with Gasteiger partial charge in [-0.25, -0.2) is 0 Å². The van der Waals surface area contributed by atoms with Crippen LogP contribution in [0.5, 0.6) is 0 Å². The standard InChI is InChI=1S/C12H17NO4/c14-11(6-1-2-17-5-6)13-10-4-8(10)7-3-9(7)12(15)16/h6-10H,1-5H2,(H,13,14)(H,15,16)/t6-,7-,8+,9-,10+/m1/s1. The molecule has 0 aromatic carbocycles. The van der Waals surface area contributed by atoms with E-state index in [1.165, 1.54) is 0 Å². The molecule has 5 atom stereocenters. The Kier molecular flexibility index (Phi) is 2.58. The maximum Gasteiger partial charge on any atom is 0.306 e. The Balaban J connectivity index is 1.43. The summed E-state index contributed by atoms with van der Waals surface area (Å²) >= 11 is 0. The molecule has 0 radical (unpaired) electrons. The minimum absolute atomic E-state index is 0.00530. The van der Waals surface area contributed by atoms with E-state index in [9.17, 15) is 9.59 Å². The first-order valence-corrected chi connectivity index (χ1v) is 6.27. The number of carboxylic acid groups (broad SMARTS) is 1. The van der Waals surface area contributed by atoms with E-state index >= 15 is 0 Å². The predicted molar refractivity (Wildman–Crippen MR) is 58.2 cm³/mol. The SMILES string of the molecule is O=C(N[C@H]1C[C@H]1[C@H]1C[C@H]1C(=O)O)[C@@H]1CCOC1. The lowest BCUT2D eigenvalue weighted by molar-refractivity contribution is -0.138. The van der Waals surface area contributed by atoms with E-state index in [4.69, 9.17) is 9.84 Å². The summed E-state index contributed by atoms with van der Waals surface area (Å²) in [5, 5.41) is 11.9. The fraction of sp³-hybridized carbons (Fsp3) is 0.833. The number of ether oxygens (including phenoxy) is 1. The van der Waals surface area contributed by atoms with Crippen LogP contribution in [0.25, 0.3) is 0 Å². The van der Waals surface area contributed by atoms with Crippen molar-refractivity contribution >= 4 is 11.9 Å². The van der Waals surface area contributed by atoms with E-state index in [0.29, 0.717) is 25.0 Å². The molecule has 17 heavy (non-hydrogen) atoms. The van der Waals surface area contributed by atoms with E-state index in [0.717, 1.165) is 19.3 Å². The number of nitrogens with one attached hydrogen (secondary N) is 1. The lowest BCUT2D eigenvalue weighted by Gasteiger charge is -2.08. The van der Waals surface area contributed by atoms with Crippen molar-refractivity contribution in [1.29, 1.82) is 0 Å². The number of aliphatic carboxylic acids is 1. The number of amides is 1. The third-order valence-electron chi connectivity index (χ3n) is 4.17. The van der Waals surface area contributed by atoms with Crippen LogP contribution in [0.15, 0.2) is 0 Å². The topological polar surface area (TPSA) is 75.6 Å². The monoisotopic (exact) mass is 239 g/mol. The maximum absolute atomic E-state index is 11.8. The summed E-state index contributed by atoms with van der Waals surface area (Å²) < 4.78 is 5.18. The molecule has 0 bridgehead atoms. The number of carboxylic acids is 1. The van der Waals surface area contributed by atoms with Crippen molar-refractivity contribution in [2.45, 2.75) is 25.3 Å². The van der Waals surface area contributed by atoms with E-state index in [1.807, 2.05) is 0 Å². The highest BCUT2D eigenvalue weighted by molar-refractivity contribution is 5.80. The van der Waals surface area contributed by atoms with Gasteiger partial charge >= 0.3 is 5.97 Å². The van der Waals surface area contributed by atoms with Crippen molar-refractivity contribution in [3.8, 4) is 0 Å². The predicted octanol–water partition coefficient (Wildman–Crippen LogP) is 0.248. The van der Waals surface area contributed by atoms with E-state index < -0.39 is 5.97 Å². The molecule has 3 fully saturated rings. The van der Waals surface area contributed by atoms with Gasteiger partial charge in [-0.2, -0.15) is 0 Å². The Bertz CT molecular complexity index is 350. The van der Waals surface area contributed by atoms with Crippen molar-refractivity contribution in [3.63, 3.8) is 0 Å². The molecule has 0 aromatic rings. The second kappa shape index (κ2) is 3.98. The van der Waals surface area contributed by atoms with Crippen LogP contribution in [-0.2, 0) is 14.3 Å². The molecule has 2 saturated carbocycles. The molecule has 1 saturated heterocycles. The highest BCUT2D eigenvalue weighted by atomic mass is 16.5. The van der Waals surface area contributed by atoms with Crippen LogP contribution < -0.4 is 5.32 Å². The zero-order valence-corrected chi connectivity index (χ0v) is 9.59. The van der Waals surface area contributed by atoms with Gasteiger partial charge in [0.2, 0.25) is 5.91 Å². The number of carbonyl (C=O) groups excluding carboxylic acids is 1. The molecule has 2 N–H and O–H groups in total. The lowest BCUT2D eigenvalue weighted by atomic mass is 10.1. The normalized spacial score (nSPS) is 43.2. The van der Waals surface area contributed by atoms with Crippen molar-refractivity contribution in [2.24, 2.45) is 23.7 Å². The van der Waals surface area contributed by atoms with Gasteiger partial charge in [0.25, 0.3) is 0 Å². The first-order valence-electron chi connectivity index (χ1n) is 6.27. The average molecular weight is 239 g/mol. The highest BCUT2D eigenvalue weighted by Crippen LogP contribution is 2.54. The van der Waals surface area contributed by atoms with Crippen LogP contribution in [-0.4, -0.2) is 36.2 Å². The van der Waals surface area contributed by atoms with Crippen LogP contribution >= 0.6 is 0 Å². The molecule has 0 unspecified atom stereocenters. The molecule has 3 aliphatic rings. The molecule has 94 valence electrons. The van der Waals surface area contributed by atoms with Crippen molar-refractivity contribution < 1.29 is 19.4 Å². The zero-order valence-electron chi connectivity index (χ0n) is 9.59. The van der Waals surface area contributed by atoms with Gasteiger partial charge in [0.1, 0.15) is 0 Å². The second-order valence-corrected chi connectivity index (χ2v) is 5.42. The van der Waals surface area contributed by atoms with E-state index in [2.05, 4.69) is 5.32 Å². The molecule has 5 nitrogen and oxygen atoms in total. The van der Waals surface area contributed by atoms with Crippen LogP contribution in [0.3, 0.4) is 0 Å². The smallest absolute Gasteiger partial charge is 0.306 e. The van der Waals surface area contributed by atoms with Gasteiger partial charge in [-0.05, 0) is 31.1 Å². The molecule has 0 spiro atoms. The molecular formula is C12H17NO4. The molecular weight excluding hydrogens is 222 g/mol. The van der Waals surface area contributed by atoms with Gasteiger partial charge in [0.15, 0.2) is 0 Å². The van der Waals surface area contributed by atoms with Crippen LogP contribution in [0.1, 0.15) is 19.3 Å². The minimum Gasteiger partial charge on any atom is -0.481 e. The summed E-state index contributed by atoms with van der Waals surface area (Å²) in [6.45, 7) is 1.21. The Hall–Kier alpha value is -1.10.